The van der Waals surface area contributed by atoms with Gasteiger partial charge >= 0.3 is 0 Å². The van der Waals surface area contributed by atoms with Crippen LogP contribution in [0.5, 0.6) is 0 Å². The molecule has 2 N–H and O–H groups in total. The predicted molar refractivity (Wildman–Crippen MR) is 82.2 cm³/mol. The second-order valence-electron chi connectivity index (χ2n) is 4.84. The molecule has 6 heteroatoms. The Bertz CT molecular complexity index is 414. The Kier molecular flexibility index (Phi) is 7.77. The van der Waals surface area contributed by atoms with Crippen molar-refractivity contribution in [2.24, 2.45) is 0 Å². The lowest BCUT2D eigenvalue weighted by molar-refractivity contribution is 0.154. The van der Waals surface area contributed by atoms with E-state index in [2.05, 4.69) is 10.2 Å². The summed E-state index contributed by atoms with van der Waals surface area (Å²) in [7, 11) is 0. The van der Waals surface area contributed by atoms with Crippen LogP contribution in [0, 0.1) is 5.82 Å². The van der Waals surface area contributed by atoms with Crippen molar-refractivity contribution in [2.75, 3.05) is 32.8 Å². The molecule has 0 unspecified atom stereocenters. The molecule has 2 rings (SSSR count). The lowest BCUT2D eigenvalue weighted by Gasteiger charge is -2.35. The monoisotopic (exact) mass is 322 g/mol. The zero-order valence-corrected chi connectivity index (χ0v) is 12.9. The molecule has 1 aromatic rings. The quantitative estimate of drug-likeness (QED) is 0.874. The molecule has 0 amide bonds. The van der Waals surface area contributed by atoms with Gasteiger partial charge in [-0.15, -0.1) is 12.4 Å². The van der Waals surface area contributed by atoms with Crippen molar-refractivity contribution in [1.29, 1.82) is 0 Å². The number of piperazine rings is 1. The highest BCUT2D eigenvalue weighted by atomic mass is 35.5. The van der Waals surface area contributed by atoms with Crippen molar-refractivity contribution in [2.45, 2.75) is 18.9 Å². The van der Waals surface area contributed by atoms with Gasteiger partial charge < -0.3 is 10.4 Å². The van der Waals surface area contributed by atoms with Crippen LogP contribution < -0.4 is 5.32 Å². The maximum atomic E-state index is 13.6. The summed E-state index contributed by atoms with van der Waals surface area (Å²) in [6, 6.07) is 5.17. The van der Waals surface area contributed by atoms with Crippen molar-refractivity contribution >= 4 is 24.0 Å². The van der Waals surface area contributed by atoms with Gasteiger partial charge in [-0.3, -0.25) is 4.90 Å². The van der Waals surface area contributed by atoms with E-state index < -0.39 is 0 Å². The number of hydrogen-bond acceptors (Lipinski definition) is 3. The molecule has 0 spiro atoms. The fourth-order valence-electron chi connectivity index (χ4n) is 2.56. The van der Waals surface area contributed by atoms with E-state index >= 15 is 0 Å². The first-order chi connectivity index (χ1) is 9.22. The number of halogens is 3. The van der Waals surface area contributed by atoms with Crippen LogP contribution in [0.25, 0.3) is 0 Å². The van der Waals surface area contributed by atoms with Crippen molar-refractivity contribution < 1.29 is 9.50 Å². The maximum absolute atomic E-state index is 13.6. The van der Waals surface area contributed by atoms with Crippen LogP contribution in [0.3, 0.4) is 0 Å². The number of nitrogens with one attached hydrogen (secondary N) is 1. The van der Waals surface area contributed by atoms with Crippen LogP contribution in [0.1, 0.15) is 24.4 Å². The second-order valence-corrected chi connectivity index (χ2v) is 5.25. The fraction of sp³-hybridized carbons (Fsp3) is 0.571. The fourth-order valence-corrected chi connectivity index (χ4v) is 2.68. The first-order valence-electron chi connectivity index (χ1n) is 6.73. The summed E-state index contributed by atoms with van der Waals surface area (Å²) in [5, 5.41) is 12.5. The maximum Gasteiger partial charge on any atom is 0.142 e. The minimum atomic E-state index is -0.372. The Balaban J connectivity index is 0.00000200. The molecule has 0 radical (unpaired) electrons. The summed E-state index contributed by atoms with van der Waals surface area (Å²) in [4.78, 5) is 2.34. The second kappa shape index (κ2) is 8.80. The number of benzene rings is 1. The van der Waals surface area contributed by atoms with Crippen molar-refractivity contribution in [1.82, 2.24) is 10.2 Å². The van der Waals surface area contributed by atoms with Gasteiger partial charge in [-0.1, -0.05) is 17.7 Å². The topological polar surface area (TPSA) is 35.5 Å². The zero-order chi connectivity index (χ0) is 13.7. The molecule has 1 aliphatic rings. The van der Waals surface area contributed by atoms with E-state index in [-0.39, 0.29) is 35.9 Å². The highest BCUT2D eigenvalue weighted by Gasteiger charge is 2.22. The Morgan fingerprint density at radius 2 is 2.05 bits per heavy atom. The average Bonchev–Trinajstić information content (AvgIpc) is 2.44. The van der Waals surface area contributed by atoms with Crippen molar-refractivity contribution in [3.63, 3.8) is 0 Å². The minimum absolute atomic E-state index is 0. The van der Waals surface area contributed by atoms with E-state index in [0.29, 0.717) is 0 Å². The van der Waals surface area contributed by atoms with Gasteiger partial charge in [-0.25, -0.2) is 4.39 Å². The van der Waals surface area contributed by atoms with E-state index in [4.69, 9.17) is 16.7 Å². The third-order valence-corrected chi connectivity index (χ3v) is 3.86. The molecule has 114 valence electrons. The normalized spacial score (nSPS) is 17.6. The summed E-state index contributed by atoms with van der Waals surface area (Å²) >= 11 is 5.74. The van der Waals surface area contributed by atoms with Gasteiger partial charge in [0.1, 0.15) is 5.82 Å². The molecule has 1 saturated heterocycles. The van der Waals surface area contributed by atoms with Gasteiger partial charge in [0.05, 0.1) is 5.02 Å². The largest absolute Gasteiger partial charge is 0.396 e. The molecule has 0 bridgehead atoms. The van der Waals surface area contributed by atoms with Gasteiger partial charge in [0, 0.05) is 38.8 Å². The van der Waals surface area contributed by atoms with Crippen LogP contribution in [0.4, 0.5) is 4.39 Å². The summed E-state index contributed by atoms with van der Waals surface area (Å²) in [6.07, 6.45) is 1.55. The van der Waals surface area contributed by atoms with Gasteiger partial charge in [0.15, 0.2) is 0 Å². The Hall–Kier alpha value is -0.390. The molecule has 1 aliphatic heterocycles. The lowest BCUT2D eigenvalue weighted by atomic mass is 9.99. The van der Waals surface area contributed by atoms with E-state index in [1.54, 1.807) is 6.07 Å². The van der Waals surface area contributed by atoms with E-state index in [9.17, 15) is 4.39 Å². The molecule has 1 atom stereocenters. The van der Waals surface area contributed by atoms with Crippen LogP contribution in [-0.2, 0) is 0 Å². The van der Waals surface area contributed by atoms with Gasteiger partial charge in [0.2, 0.25) is 0 Å². The smallest absolute Gasteiger partial charge is 0.142 e. The number of rotatable bonds is 5. The molecule has 1 fully saturated rings. The van der Waals surface area contributed by atoms with E-state index in [0.717, 1.165) is 44.6 Å². The van der Waals surface area contributed by atoms with Crippen molar-refractivity contribution in [3.8, 4) is 0 Å². The minimum Gasteiger partial charge on any atom is -0.396 e. The van der Waals surface area contributed by atoms with Gasteiger partial charge in [0.25, 0.3) is 0 Å². The summed E-state index contributed by atoms with van der Waals surface area (Å²) in [5.74, 6) is -0.372. The summed E-state index contributed by atoms with van der Waals surface area (Å²) < 4.78 is 13.6. The molecule has 0 saturated carbocycles. The Morgan fingerprint density at radius 1 is 1.35 bits per heavy atom. The standard InChI is InChI=1S/C14H20ClFN2O.ClH/c15-12-4-3-11(10-13(12)16)14(2-1-9-19)18-7-5-17-6-8-18;/h3-4,10,14,17,19H,1-2,5-9H2;1H/t14-;/m0./s1. The number of nitrogens with zero attached hydrogens (tertiary/aromatic N) is 1. The Morgan fingerprint density at radius 3 is 2.65 bits per heavy atom. The van der Waals surface area contributed by atoms with E-state index in [1.165, 1.54) is 6.07 Å². The first-order valence-corrected chi connectivity index (χ1v) is 7.10. The summed E-state index contributed by atoms with van der Waals surface area (Å²) in [5.41, 5.74) is 0.942. The highest BCUT2D eigenvalue weighted by molar-refractivity contribution is 6.30. The SMILES string of the molecule is Cl.OCCC[C@@H](c1ccc(Cl)c(F)c1)N1CCNCC1. The first kappa shape index (κ1) is 17.7. The molecular formula is C14H21Cl2FN2O. The molecule has 1 heterocycles. The predicted octanol–water partition coefficient (Wildman–Crippen LogP) is 2.62. The molecule has 20 heavy (non-hydrogen) atoms. The molecule has 1 aromatic carbocycles. The Labute approximate surface area is 130 Å². The number of hydrogen-bond donors (Lipinski definition) is 2. The average molecular weight is 323 g/mol. The molecule has 3 nitrogen and oxygen atoms in total. The van der Waals surface area contributed by atoms with Gasteiger partial charge in [-0.2, -0.15) is 0 Å². The van der Waals surface area contributed by atoms with E-state index in [1.807, 2.05) is 6.07 Å². The molecule has 0 aliphatic carbocycles. The van der Waals surface area contributed by atoms with Crippen LogP contribution in [0.15, 0.2) is 18.2 Å². The highest BCUT2D eigenvalue weighted by Crippen LogP contribution is 2.28. The van der Waals surface area contributed by atoms with Crippen molar-refractivity contribution in [3.05, 3.63) is 34.6 Å². The van der Waals surface area contributed by atoms with Gasteiger partial charge in [-0.05, 0) is 30.5 Å². The van der Waals surface area contributed by atoms with Crippen LogP contribution in [0.2, 0.25) is 5.02 Å². The number of aliphatic hydroxyl groups excluding tert-OH is 1. The van der Waals surface area contributed by atoms with Crippen LogP contribution >= 0.6 is 24.0 Å². The zero-order valence-electron chi connectivity index (χ0n) is 11.3. The third-order valence-electron chi connectivity index (χ3n) is 3.56. The number of aliphatic hydroxyl groups is 1. The summed E-state index contributed by atoms with van der Waals surface area (Å²) in [6.45, 7) is 3.96. The van der Waals surface area contributed by atoms with Crippen LogP contribution in [-0.4, -0.2) is 42.8 Å². The third kappa shape index (κ3) is 4.57. The molecule has 0 aromatic heterocycles. The lowest BCUT2D eigenvalue weighted by Crippen LogP contribution is -2.45. The molecular weight excluding hydrogens is 302 g/mol.